The maximum absolute atomic E-state index is 10.9. The molecule has 15 atom stereocenters. The molecule has 212 valence electrons. The first-order valence-corrected chi connectivity index (χ1v) is 11.7. The summed E-state index contributed by atoms with van der Waals surface area (Å²) in [5.41, 5.74) is 0. The Kier molecular flexibility index (Phi) is 10.8. The zero-order valence-electron chi connectivity index (χ0n) is 20.0. The van der Waals surface area contributed by atoms with E-state index >= 15 is 0 Å². The summed E-state index contributed by atoms with van der Waals surface area (Å²) in [5, 5.41) is 92.2. The lowest BCUT2D eigenvalue weighted by atomic mass is 9.81. The minimum atomic E-state index is -1.73. The van der Waals surface area contributed by atoms with Crippen LogP contribution in [-0.2, 0) is 28.4 Å². The average Bonchev–Trinajstić information content (AvgIpc) is 2.88. The highest BCUT2D eigenvalue weighted by Gasteiger charge is 2.52. The van der Waals surface area contributed by atoms with Crippen LogP contribution in [0.4, 0.5) is 0 Å². The summed E-state index contributed by atoms with van der Waals surface area (Å²) in [6, 6.07) is 0. The lowest BCUT2D eigenvalue weighted by molar-refractivity contribution is -0.355. The number of rotatable bonds is 9. The first-order chi connectivity index (χ1) is 17.1. The van der Waals surface area contributed by atoms with Crippen LogP contribution in [0.3, 0.4) is 0 Å². The summed E-state index contributed by atoms with van der Waals surface area (Å²) in [5.74, 6) is -1.01. The monoisotopic (exact) mass is 530 g/mol. The van der Waals surface area contributed by atoms with Crippen LogP contribution in [0.1, 0.15) is 6.42 Å². The summed E-state index contributed by atoms with van der Waals surface area (Å²) in [4.78, 5) is 0. The third-order valence-corrected chi connectivity index (χ3v) is 7.12. The average molecular weight is 531 g/mol. The molecule has 9 N–H and O–H groups in total. The predicted octanol–water partition coefficient (Wildman–Crippen LogP) is -5.60. The first-order valence-electron chi connectivity index (χ1n) is 11.7. The van der Waals surface area contributed by atoms with Crippen LogP contribution in [0.5, 0.6) is 0 Å². The standard InChI is InChI=1S/C21H38O15/c1-31-18-10(5-23)33-8(13(26)14(18)27)3-7-9(4-22)34-21(16(29)12(7)25)36-19-11(6-24)35-20(32-2)17(30)15(19)28/h7-30H,3-6H2,1-2H3/t7-,8+,9?,10?,11?,12+,13?,14-,15-,16?,17?,18-,19-,20-,21+/m1/s1. The van der Waals surface area contributed by atoms with Crippen LogP contribution in [0.25, 0.3) is 0 Å². The fraction of sp³-hybridized carbons (Fsp3) is 1.00. The zero-order chi connectivity index (χ0) is 26.7. The maximum Gasteiger partial charge on any atom is 0.187 e. The number of hydrogen-bond donors (Lipinski definition) is 9. The molecule has 36 heavy (non-hydrogen) atoms. The van der Waals surface area contributed by atoms with E-state index in [0.29, 0.717) is 0 Å². The molecule has 6 unspecified atom stereocenters. The number of aliphatic hydroxyl groups is 9. The molecule has 3 fully saturated rings. The molecule has 3 aliphatic rings. The predicted molar refractivity (Wildman–Crippen MR) is 114 cm³/mol. The van der Waals surface area contributed by atoms with Crippen LogP contribution in [0.2, 0.25) is 0 Å². The molecular weight excluding hydrogens is 492 g/mol. The molecule has 3 aliphatic heterocycles. The van der Waals surface area contributed by atoms with Gasteiger partial charge in [0.05, 0.1) is 38.1 Å². The fourth-order valence-electron chi connectivity index (χ4n) is 5.06. The smallest absolute Gasteiger partial charge is 0.187 e. The molecule has 0 saturated carbocycles. The van der Waals surface area contributed by atoms with Crippen LogP contribution < -0.4 is 0 Å². The third kappa shape index (κ3) is 5.85. The van der Waals surface area contributed by atoms with Gasteiger partial charge in [-0.15, -0.1) is 0 Å². The van der Waals surface area contributed by atoms with Crippen molar-refractivity contribution in [1.82, 2.24) is 0 Å². The second kappa shape index (κ2) is 13.0. The highest BCUT2D eigenvalue weighted by molar-refractivity contribution is 4.98. The van der Waals surface area contributed by atoms with Crippen LogP contribution in [-0.4, -0.2) is 166 Å². The van der Waals surface area contributed by atoms with Crippen molar-refractivity contribution in [2.45, 2.75) is 92.2 Å². The largest absolute Gasteiger partial charge is 0.394 e. The van der Waals surface area contributed by atoms with Crippen molar-refractivity contribution in [3.63, 3.8) is 0 Å². The lowest BCUT2D eigenvalue weighted by Crippen LogP contribution is -2.64. The molecule has 15 heteroatoms. The van der Waals surface area contributed by atoms with Gasteiger partial charge in [-0.1, -0.05) is 0 Å². The Morgan fingerprint density at radius 3 is 1.61 bits per heavy atom. The minimum Gasteiger partial charge on any atom is -0.394 e. The number of methoxy groups -OCH3 is 2. The highest BCUT2D eigenvalue weighted by atomic mass is 16.7. The molecule has 0 aromatic heterocycles. The van der Waals surface area contributed by atoms with Crippen molar-refractivity contribution in [3.8, 4) is 0 Å². The normalized spacial score (nSPS) is 50.2. The molecule has 0 radical (unpaired) electrons. The van der Waals surface area contributed by atoms with Crippen molar-refractivity contribution in [1.29, 1.82) is 0 Å². The Bertz CT molecular complexity index is 665. The van der Waals surface area contributed by atoms with Gasteiger partial charge in [0.1, 0.15) is 54.9 Å². The van der Waals surface area contributed by atoms with E-state index in [1.54, 1.807) is 0 Å². The summed E-state index contributed by atoms with van der Waals surface area (Å²) in [6.07, 6.45) is -19.2. The lowest BCUT2D eigenvalue weighted by Gasteiger charge is -2.48. The van der Waals surface area contributed by atoms with Gasteiger partial charge in [-0.25, -0.2) is 0 Å². The van der Waals surface area contributed by atoms with E-state index in [1.807, 2.05) is 0 Å². The Morgan fingerprint density at radius 1 is 0.528 bits per heavy atom. The van der Waals surface area contributed by atoms with Crippen molar-refractivity contribution in [2.75, 3.05) is 34.0 Å². The van der Waals surface area contributed by atoms with Gasteiger partial charge in [-0.05, 0) is 6.42 Å². The van der Waals surface area contributed by atoms with Gasteiger partial charge in [-0.2, -0.15) is 0 Å². The molecule has 0 aromatic carbocycles. The van der Waals surface area contributed by atoms with E-state index in [9.17, 15) is 46.0 Å². The second-order valence-corrected chi connectivity index (χ2v) is 9.23. The molecular formula is C21H38O15. The topological polar surface area (TPSA) is 237 Å². The highest BCUT2D eigenvalue weighted by Crippen LogP contribution is 2.36. The molecule has 15 nitrogen and oxygen atoms in total. The van der Waals surface area contributed by atoms with Crippen molar-refractivity contribution in [3.05, 3.63) is 0 Å². The van der Waals surface area contributed by atoms with Crippen LogP contribution in [0.15, 0.2) is 0 Å². The summed E-state index contributed by atoms with van der Waals surface area (Å²) < 4.78 is 32.3. The SMILES string of the molecule is CO[C@@H]1OC(CO)[C@@H](O[C@@H]2OC(CO)[C@@H](C[C@@H]3OC(CO)[C@@H](OC)[C@H](O)C3O)[C@H](O)C2O)[C@H](O)C1O. The maximum atomic E-state index is 10.9. The van der Waals surface area contributed by atoms with Crippen molar-refractivity contribution >= 4 is 0 Å². The summed E-state index contributed by atoms with van der Waals surface area (Å²) in [7, 11) is 2.52. The van der Waals surface area contributed by atoms with Gasteiger partial charge in [0.15, 0.2) is 12.6 Å². The van der Waals surface area contributed by atoms with Gasteiger partial charge in [-0.3, -0.25) is 0 Å². The molecule has 0 bridgehead atoms. The van der Waals surface area contributed by atoms with Crippen LogP contribution >= 0.6 is 0 Å². The van der Waals surface area contributed by atoms with Gasteiger partial charge >= 0.3 is 0 Å². The number of ether oxygens (including phenoxy) is 6. The summed E-state index contributed by atoms with van der Waals surface area (Å²) >= 11 is 0. The van der Waals surface area contributed by atoms with Gasteiger partial charge in [0.25, 0.3) is 0 Å². The van der Waals surface area contributed by atoms with Gasteiger partial charge in [0, 0.05) is 20.1 Å². The Morgan fingerprint density at radius 2 is 1.06 bits per heavy atom. The Hall–Kier alpha value is -0.600. The third-order valence-electron chi connectivity index (χ3n) is 7.12. The molecule has 0 spiro atoms. The molecule has 3 saturated heterocycles. The fourth-order valence-corrected chi connectivity index (χ4v) is 5.06. The Labute approximate surface area is 207 Å². The van der Waals surface area contributed by atoms with E-state index < -0.39 is 112 Å². The number of hydrogen-bond acceptors (Lipinski definition) is 15. The second-order valence-electron chi connectivity index (χ2n) is 9.23. The van der Waals surface area contributed by atoms with E-state index in [1.165, 1.54) is 14.2 Å². The van der Waals surface area contributed by atoms with Gasteiger partial charge < -0.3 is 74.4 Å². The van der Waals surface area contributed by atoms with E-state index in [2.05, 4.69) is 0 Å². The van der Waals surface area contributed by atoms with E-state index in [-0.39, 0.29) is 6.42 Å². The quantitative estimate of drug-likeness (QED) is 0.135. The first kappa shape index (κ1) is 29.9. The molecule has 0 amide bonds. The van der Waals surface area contributed by atoms with E-state index in [4.69, 9.17) is 28.4 Å². The molecule has 0 aromatic rings. The van der Waals surface area contributed by atoms with Crippen molar-refractivity contribution < 1.29 is 74.4 Å². The van der Waals surface area contributed by atoms with Gasteiger partial charge in [0.2, 0.25) is 0 Å². The number of aliphatic hydroxyl groups excluding tert-OH is 9. The zero-order valence-corrected chi connectivity index (χ0v) is 20.0. The van der Waals surface area contributed by atoms with Crippen molar-refractivity contribution in [2.24, 2.45) is 5.92 Å². The van der Waals surface area contributed by atoms with E-state index in [0.717, 1.165) is 0 Å². The minimum absolute atomic E-state index is 0.190. The molecule has 3 rings (SSSR count). The Balaban J connectivity index is 1.72. The molecule has 0 aliphatic carbocycles. The summed E-state index contributed by atoms with van der Waals surface area (Å²) in [6.45, 7) is -1.80. The van der Waals surface area contributed by atoms with Crippen LogP contribution in [0, 0.1) is 5.92 Å². The molecule has 3 heterocycles.